The van der Waals surface area contributed by atoms with Crippen LogP contribution in [0.5, 0.6) is 10.9 Å². The van der Waals surface area contributed by atoms with Crippen LogP contribution in [0, 0.1) is 0 Å². The summed E-state index contributed by atoms with van der Waals surface area (Å²) in [4.78, 5) is 14.9. The first kappa shape index (κ1) is 10.9. The Hall–Kier alpha value is -1.59. The summed E-state index contributed by atoms with van der Waals surface area (Å²) in [5, 5.41) is 11.4. The lowest BCUT2D eigenvalue weighted by Crippen LogP contribution is -1.99. The van der Waals surface area contributed by atoms with Crippen LogP contribution in [0.1, 0.15) is 10.4 Å². The van der Waals surface area contributed by atoms with Gasteiger partial charge in [0.25, 0.3) is 5.19 Å². The SMILES string of the molecule is O=C(O)c1cc(Cl)ccc1Oc1nccs1. The van der Waals surface area contributed by atoms with Crippen molar-refractivity contribution in [1.29, 1.82) is 0 Å². The second-order valence-corrected chi connectivity index (χ2v) is 4.14. The molecule has 0 radical (unpaired) electrons. The number of nitrogens with zero attached hydrogens (tertiary/aromatic N) is 1. The highest BCUT2D eigenvalue weighted by Gasteiger charge is 2.13. The molecule has 4 nitrogen and oxygen atoms in total. The monoisotopic (exact) mass is 255 g/mol. The fourth-order valence-electron chi connectivity index (χ4n) is 1.11. The van der Waals surface area contributed by atoms with Gasteiger partial charge in [0.05, 0.1) is 0 Å². The summed E-state index contributed by atoms with van der Waals surface area (Å²) >= 11 is 6.99. The largest absolute Gasteiger partial charge is 0.478 e. The Morgan fingerprint density at radius 1 is 1.50 bits per heavy atom. The van der Waals surface area contributed by atoms with Gasteiger partial charge in [0.1, 0.15) is 11.3 Å². The van der Waals surface area contributed by atoms with Crippen LogP contribution in [0.15, 0.2) is 29.8 Å². The first-order chi connectivity index (χ1) is 7.66. The minimum absolute atomic E-state index is 0.0164. The summed E-state index contributed by atoms with van der Waals surface area (Å²) in [7, 11) is 0. The van der Waals surface area contributed by atoms with E-state index in [1.54, 1.807) is 17.6 Å². The van der Waals surface area contributed by atoms with Gasteiger partial charge in [0.15, 0.2) is 0 Å². The molecular formula is C10H6ClNO3S. The molecule has 1 aromatic heterocycles. The number of hydrogen-bond donors (Lipinski definition) is 1. The molecule has 1 heterocycles. The summed E-state index contributed by atoms with van der Waals surface area (Å²) in [6.07, 6.45) is 1.58. The Bertz CT molecular complexity index is 513. The topological polar surface area (TPSA) is 59.4 Å². The van der Waals surface area contributed by atoms with E-state index in [0.29, 0.717) is 10.2 Å². The Labute approximate surface area is 100 Å². The van der Waals surface area contributed by atoms with E-state index in [1.807, 2.05) is 0 Å². The average molecular weight is 256 g/mol. The molecular weight excluding hydrogens is 250 g/mol. The van der Waals surface area contributed by atoms with Gasteiger partial charge >= 0.3 is 5.97 Å². The third kappa shape index (κ3) is 2.32. The Morgan fingerprint density at radius 2 is 2.31 bits per heavy atom. The number of thiazole rings is 1. The number of hydrogen-bond acceptors (Lipinski definition) is 4. The molecule has 0 unspecified atom stereocenters. The highest BCUT2D eigenvalue weighted by molar-refractivity contribution is 7.11. The van der Waals surface area contributed by atoms with Crippen molar-refractivity contribution in [2.75, 3.05) is 0 Å². The quantitative estimate of drug-likeness (QED) is 0.914. The Balaban J connectivity index is 2.36. The zero-order chi connectivity index (χ0) is 11.5. The molecule has 1 N–H and O–H groups in total. The normalized spacial score (nSPS) is 10.1. The fourth-order valence-corrected chi connectivity index (χ4v) is 1.78. The molecule has 2 aromatic rings. The molecule has 0 bridgehead atoms. The van der Waals surface area contributed by atoms with Crippen LogP contribution in [0.25, 0.3) is 0 Å². The van der Waals surface area contributed by atoms with Gasteiger partial charge in [-0.3, -0.25) is 0 Å². The molecule has 82 valence electrons. The fraction of sp³-hybridized carbons (Fsp3) is 0. The van der Waals surface area contributed by atoms with Gasteiger partial charge in [-0.15, -0.1) is 0 Å². The third-order valence-corrected chi connectivity index (χ3v) is 2.66. The second-order valence-electron chi connectivity index (χ2n) is 2.85. The average Bonchev–Trinajstić information content (AvgIpc) is 2.73. The lowest BCUT2D eigenvalue weighted by molar-refractivity contribution is 0.0694. The lowest BCUT2D eigenvalue weighted by Gasteiger charge is -2.05. The van der Waals surface area contributed by atoms with Crippen molar-refractivity contribution < 1.29 is 14.6 Å². The molecule has 0 saturated carbocycles. The molecule has 0 saturated heterocycles. The van der Waals surface area contributed by atoms with Crippen molar-refractivity contribution in [1.82, 2.24) is 4.98 Å². The van der Waals surface area contributed by atoms with E-state index < -0.39 is 5.97 Å². The van der Waals surface area contributed by atoms with Gasteiger partial charge in [0, 0.05) is 16.6 Å². The van der Waals surface area contributed by atoms with Gasteiger partial charge < -0.3 is 9.84 Å². The number of aromatic nitrogens is 1. The highest BCUT2D eigenvalue weighted by Crippen LogP contribution is 2.28. The maximum atomic E-state index is 10.9. The molecule has 1 aromatic carbocycles. The van der Waals surface area contributed by atoms with Crippen LogP contribution in [-0.4, -0.2) is 16.1 Å². The van der Waals surface area contributed by atoms with Crippen LogP contribution >= 0.6 is 22.9 Å². The lowest BCUT2D eigenvalue weighted by atomic mass is 10.2. The van der Waals surface area contributed by atoms with E-state index >= 15 is 0 Å². The van der Waals surface area contributed by atoms with Crippen molar-refractivity contribution in [3.05, 3.63) is 40.4 Å². The Morgan fingerprint density at radius 3 is 2.94 bits per heavy atom. The number of aromatic carboxylic acids is 1. The van der Waals surface area contributed by atoms with Crippen molar-refractivity contribution in [3.8, 4) is 10.9 Å². The van der Waals surface area contributed by atoms with Gasteiger partial charge in [0.2, 0.25) is 0 Å². The summed E-state index contributed by atoms with van der Waals surface area (Å²) in [6, 6.07) is 4.41. The number of rotatable bonds is 3. The molecule has 0 spiro atoms. The van der Waals surface area contributed by atoms with Gasteiger partial charge in [-0.25, -0.2) is 9.78 Å². The Kier molecular flexibility index (Phi) is 3.07. The zero-order valence-corrected chi connectivity index (χ0v) is 9.46. The van der Waals surface area contributed by atoms with E-state index in [2.05, 4.69) is 4.98 Å². The maximum Gasteiger partial charge on any atom is 0.339 e. The number of ether oxygens (including phenoxy) is 1. The number of carboxylic acid groups (broad SMARTS) is 1. The van der Waals surface area contributed by atoms with E-state index in [4.69, 9.17) is 21.4 Å². The van der Waals surface area contributed by atoms with E-state index in [1.165, 1.54) is 23.5 Å². The molecule has 0 aliphatic rings. The first-order valence-corrected chi connectivity index (χ1v) is 5.53. The first-order valence-electron chi connectivity index (χ1n) is 4.27. The molecule has 0 aliphatic carbocycles. The minimum atomic E-state index is -1.09. The summed E-state index contributed by atoms with van der Waals surface area (Å²) in [5.74, 6) is -0.860. The van der Waals surface area contributed by atoms with Crippen LogP contribution < -0.4 is 4.74 Å². The summed E-state index contributed by atoms with van der Waals surface area (Å²) in [5.41, 5.74) is 0.0164. The van der Waals surface area contributed by atoms with Crippen LogP contribution in [-0.2, 0) is 0 Å². The maximum absolute atomic E-state index is 10.9. The summed E-state index contributed by atoms with van der Waals surface area (Å²) < 4.78 is 5.33. The van der Waals surface area contributed by atoms with Gasteiger partial charge in [-0.2, -0.15) is 0 Å². The van der Waals surface area contributed by atoms with Crippen molar-refractivity contribution >= 4 is 28.9 Å². The number of carboxylic acids is 1. The van der Waals surface area contributed by atoms with E-state index in [9.17, 15) is 4.79 Å². The van der Waals surface area contributed by atoms with Crippen molar-refractivity contribution in [2.24, 2.45) is 0 Å². The number of benzene rings is 1. The van der Waals surface area contributed by atoms with Crippen molar-refractivity contribution in [2.45, 2.75) is 0 Å². The predicted molar refractivity (Wildman–Crippen MR) is 60.6 cm³/mol. The minimum Gasteiger partial charge on any atom is -0.478 e. The van der Waals surface area contributed by atoms with Crippen molar-refractivity contribution in [3.63, 3.8) is 0 Å². The smallest absolute Gasteiger partial charge is 0.339 e. The molecule has 6 heteroatoms. The molecule has 16 heavy (non-hydrogen) atoms. The van der Waals surface area contributed by atoms with Crippen LogP contribution in [0.3, 0.4) is 0 Å². The van der Waals surface area contributed by atoms with E-state index in [-0.39, 0.29) is 11.3 Å². The van der Waals surface area contributed by atoms with Gasteiger partial charge in [-0.05, 0) is 18.2 Å². The molecule has 0 fully saturated rings. The molecule has 0 atom stereocenters. The third-order valence-electron chi connectivity index (χ3n) is 1.78. The molecule has 0 aliphatic heterocycles. The van der Waals surface area contributed by atoms with E-state index in [0.717, 1.165) is 0 Å². The highest BCUT2D eigenvalue weighted by atomic mass is 35.5. The van der Waals surface area contributed by atoms with Crippen LogP contribution in [0.4, 0.5) is 0 Å². The molecule has 2 rings (SSSR count). The molecule has 0 amide bonds. The van der Waals surface area contributed by atoms with Gasteiger partial charge in [-0.1, -0.05) is 22.9 Å². The zero-order valence-electron chi connectivity index (χ0n) is 7.88. The standard InChI is InChI=1S/C10H6ClNO3S/c11-6-1-2-8(7(5-6)9(13)14)15-10-12-3-4-16-10/h1-5H,(H,13,14). The van der Waals surface area contributed by atoms with Crippen LogP contribution in [0.2, 0.25) is 5.02 Å². The number of halogens is 1. The second kappa shape index (κ2) is 4.51. The summed E-state index contributed by atoms with van der Waals surface area (Å²) in [6.45, 7) is 0. The predicted octanol–water partition coefficient (Wildman–Crippen LogP) is 3.29. The number of carbonyl (C=O) groups is 1.